The topological polar surface area (TPSA) is 55.4 Å². The lowest BCUT2D eigenvalue weighted by Gasteiger charge is -2.04. The molecule has 0 aliphatic carbocycles. The van der Waals surface area contributed by atoms with E-state index in [-0.39, 0.29) is 17.6 Å². The zero-order chi connectivity index (χ0) is 14.4. The van der Waals surface area contributed by atoms with Crippen molar-refractivity contribution in [2.75, 3.05) is 12.9 Å². The predicted octanol–water partition coefficient (Wildman–Crippen LogP) is 2.81. The van der Waals surface area contributed by atoms with Crippen LogP contribution in [0.1, 0.15) is 9.67 Å². The number of hydrogen-bond acceptors (Lipinski definition) is 5. The Bertz CT molecular complexity index is 579. The number of methoxy groups -OCH3 is 1. The molecule has 1 N–H and O–H groups in total. The molecule has 0 radical (unpaired) electrons. The second kappa shape index (κ2) is 7.12. The van der Waals surface area contributed by atoms with Gasteiger partial charge in [-0.3, -0.25) is 14.9 Å². The SMILES string of the molecule is COc1ccc(SCC(=O)NC(=O)c2cccs2)cc1. The summed E-state index contributed by atoms with van der Waals surface area (Å²) in [6.07, 6.45) is 0. The van der Waals surface area contributed by atoms with Crippen molar-refractivity contribution in [2.24, 2.45) is 0 Å². The molecule has 0 aliphatic rings. The van der Waals surface area contributed by atoms with Gasteiger partial charge >= 0.3 is 0 Å². The van der Waals surface area contributed by atoms with Gasteiger partial charge in [0.05, 0.1) is 17.7 Å². The van der Waals surface area contributed by atoms with Crippen LogP contribution in [0.25, 0.3) is 0 Å². The number of hydrogen-bond donors (Lipinski definition) is 1. The van der Waals surface area contributed by atoms with Crippen molar-refractivity contribution in [1.82, 2.24) is 5.32 Å². The molecule has 0 saturated heterocycles. The molecule has 1 aromatic carbocycles. The summed E-state index contributed by atoms with van der Waals surface area (Å²) < 4.78 is 5.06. The van der Waals surface area contributed by atoms with Gasteiger partial charge in [-0.05, 0) is 35.7 Å². The molecule has 2 aromatic rings. The van der Waals surface area contributed by atoms with Gasteiger partial charge in [0.15, 0.2) is 0 Å². The molecule has 6 heteroatoms. The van der Waals surface area contributed by atoms with Crippen LogP contribution in [0.3, 0.4) is 0 Å². The smallest absolute Gasteiger partial charge is 0.267 e. The molecule has 0 bridgehead atoms. The Morgan fingerprint density at radius 2 is 2.00 bits per heavy atom. The molecule has 4 nitrogen and oxygen atoms in total. The number of carbonyl (C=O) groups excluding carboxylic acids is 2. The molecule has 0 fully saturated rings. The molecular weight excluding hydrogens is 294 g/mol. The maximum Gasteiger partial charge on any atom is 0.267 e. The summed E-state index contributed by atoms with van der Waals surface area (Å²) in [5.41, 5.74) is 0. The third kappa shape index (κ3) is 4.11. The first-order valence-corrected chi connectivity index (χ1v) is 7.70. The number of ether oxygens (including phenoxy) is 1. The lowest BCUT2D eigenvalue weighted by atomic mass is 10.3. The van der Waals surface area contributed by atoms with Crippen LogP contribution >= 0.6 is 23.1 Å². The lowest BCUT2D eigenvalue weighted by molar-refractivity contribution is -0.117. The molecular formula is C14H13NO3S2. The Labute approximate surface area is 125 Å². The van der Waals surface area contributed by atoms with Gasteiger partial charge in [-0.15, -0.1) is 23.1 Å². The van der Waals surface area contributed by atoms with Crippen molar-refractivity contribution in [2.45, 2.75) is 4.90 Å². The highest BCUT2D eigenvalue weighted by atomic mass is 32.2. The minimum Gasteiger partial charge on any atom is -0.497 e. The highest BCUT2D eigenvalue weighted by molar-refractivity contribution is 8.00. The van der Waals surface area contributed by atoms with E-state index in [4.69, 9.17) is 4.74 Å². The average molecular weight is 307 g/mol. The number of benzene rings is 1. The molecule has 0 spiro atoms. The zero-order valence-electron chi connectivity index (χ0n) is 10.8. The third-order valence-corrected chi connectivity index (χ3v) is 4.31. The predicted molar refractivity (Wildman–Crippen MR) is 80.5 cm³/mol. The summed E-state index contributed by atoms with van der Waals surface area (Å²) in [5.74, 6) is 0.319. The minimum atomic E-state index is -0.347. The number of nitrogens with one attached hydrogen (secondary N) is 1. The second-order valence-corrected chi connectivity index (χ2v) is 5.82. The van der Waals surface area contributed by atoms with Crippen LogP contribution in [0.5, 0.6) is 5.75 Å². The van der Waals surface area contributed by atoms with E-state index in [1.54, 1.807) is 24.6 Å². The first-order chi connectivity index (χ1) is 9.69. The van der Waals surface area contributed by atoms with Crippen molar-refractivity contribution in [1.29, 1.82) is 0 Å². The first-order valence-electron chi connectivity index (χ1n) is 5.83. The Morgan fingerprint density at radius 1 is 1.25 bits per heavy atom. The average Bonchev–Trinajstić information content (AvgIpc) is 3.00. The van der Waals surface area contributed by atoms with Gasteiger partial charge in [0.1, 0.15) is 5.75 Å². The quantitative estimate of drug-likeness (QED) is 0.863. The normalized spacial score (nSPS) is 10.1. The monoisotopic (exact) mass is 307 g/mol. The van der Waals surface area contributed by atoms with Crippen LogP contribution in [0.15, 0.2) is 46.7 Å². The van der Waals surface area contributed by atoms with Gasteiger partial charge in [0, 0.05) is 4.90 Å². The third-order valence-electron chi connectivity index (χ3n) is 2.43. The first kappa shape index (κ1) is 14.6. The Balaban J connectivity index is 1.81. The van der Waals surface area contributed by atoms with Crippen molar-refractivity contribution < 1.29 is 14.3 Å². The standard InChI is InChI=1S/C14H13NO3S2/c1-18-10-4-6-11(7-5-10)20-9-13(16)15-14(17)12-3-2-8-19-12/h2-8H,9H2,1H3,(H,15,16,17). The fraction of sp³-hybridized carbons (Fsp3) is 0.143. The summed E-state index contributed by atoms with van der Waals surface area (Å²) in [5, 5.41) is 4.16. The van der Waals surface area contributed by atoms with Crippen LogP contribution in [0, 0.1) is 0 Å². The van der Waals surface area contributed by atoms with E-state index in [1.165, 1.54) is 23.1 Å². The molecule has 104 valence electrons. The number of imide groups is 1. The largest absolute Gasteiger partial charge is 0.497 e. The van der Waals surface area contributed by atoms with Crippen molar-refractivity contribution in [3.63, 3.8) is 0 Å². The maximum atomic E-state index is 11.7. The maximum absolute atomic E-state index is 11.7. The zero-order valence-corrected chi connectivity index (χ0v) is 12.4. The highest BCUT2D eigenvalue weighted by Crippen LogP contribution is 2.21. The molecule has 20 heavy (non-hydrogen) atoms. The lowest BCUT2D eigenvalue weighted by Crippen LogP contribution is -2.31. The number of thiophene rings is 1. The fourth-order valence-corrected chi connectivity index (χ4v) is 2.77. The van der Waals surface area contributed by atoms with E-state index in [1.807, 2.05) is 24.3 Å². The summed E-state index contributed by atoms with van der Waals surface area (Å²) in [6, 6.07) is 10.9. The van der Waals surface area contributed by atoms with Gasteiger partial charge in [-0.25, -0.2) is 0 Å². The summed E-state index contributed by atoms with van der Waals surface area (Å²) >= 11 is 2.68. The van der Waals surface area contributed by atoms with Crippen molar-refractivity contribution >= 4 is 34.9 Å². The summed E-state index contributed by atoms with van der Waals surface area (Å²) in [6.45, 7) is 0. The van der Waals surface area contributed by atoms with Crippen molar-refractivity contribution in [3.8, 4) is 5.75 Å². The molecule has 0 unspecified atom stereocenters. The highest BCUT2D eigenvalue weighted by Gasteiger charge is 2.11. The van der Waals surface area contributed by atoms with Gasteiger partial charge in [0.25, 0.3) is 5.91 Å². The van der Waals surface area contributed by atoms with Crippen LogP contribution in [-0.2, 0) is 4.79 Å². The van der Waals surface area contributed by atoms with Gasteiger partial charge in [0.2, 0.25) is 5.91 Å². The van der Waals surface area contributed by atoms with Gasteiger partial charge in [-0.1, -0.05) is 6.07 Å². The van der Waals surface area contributed by atoms with E-state index in [0.717, 1.165) is 10.6 Å². The van der Waals surface area contributed by atoms with E-state index < -0.39 is 0 Å². The molecule has 0 saturated carbocycles. The van der Waals surface area contributed by atoms with Crippen LogP contribution in [0.4, 0.5) is 0 Å². The second-order valence-electron chi connectivity index (χ2n) is 3.82. The Morgan fingerprint density at radius 3 is 2.60 bits per heavy atom. The van der Waals surface area contributed by atoms with E-state index in [2.05, 4.69) is 5.32 Å². The van der Waals surface area contributed by atoms with Gasteiger partial charge in [-0.2, -0.15) is 0 Å². The van der Waals surface area contributed by atoms with Crippen LogP contribution < -0.4 is 10.1 Å². The van der Waals surface area contributed by atoms with Crippen molar-refractivity contribution in [3.05, 3.63) is 46.7 Å². The number of rotatable bonds is 5. The molecule has 2 rings (SSSR count). The van der Waals surface area contributed by atoms with E-state index in [9.17, 15) is 9.59 Å². The number of carbonyl (C=O) groups is 2. The summed E-state index contributed by atoms with van der Waals surface area (Å²) in [7, 11) is 1.60. The molecule has 1 heterocycles. The van der Waals surface area contributed by atoms with E-state index >= 15 is 0 Å². The van der Waals surface area contributed by atoms with Crippen LogP contribution in [0.2, 0.25) is 0 Å². The molecule has 2 amide bonds. The van der Waals surface area contributed by atoms with Crippen LogP contribution in [-0.4, -0.2) is 24.7 Å². The number of thioether (sulfide) groups is 1. The molecule has 0 atom stereocenters. The summed E-state index contributed by atoms with van der Waals surface area (Å²) in [4.78, 5) is 24.8. The minimum absolute atomic E-state index is 0.198. The Hall–Kier alpha value is -1.79. The fourth-order valence-electron chi connectivity index (χ4n) is 1.45. The Kier molecular flexibility index (Phi) is 5.20. The molecule has 1 aromatic heterocycles. The van der Waals surface area contributed by atoms with E-state index in [0.29, 0.717) is 4.88 Å². The number of amides is 2. The molecule has 0 aliphatic heterocycles. The van der Waals surface area contributed by atoms with Gasteiger partial charge < -0.3 is 4.74 Å².